The Bertz CT molecular complexity index is 708. The zero-order chi connectivity index (χ0) is 17.1. The van der Waals surface area contributed by atoms with Crippen molar-refractivity contribution >= 4 is 40.5 Å². The van der Waals surface area contributed by atoms with Crippen molar-refractivity contribution in [3.63, 3.8) is 0 Å². The summed E-state index contributed by atoms with van der Waals surface area (Å²) in [6, 6.07) is 8.71. The summed E-state index contributed by atoms with van der Waals surface area (Å²) >= 11 is 12.1. The van der Waals surface area contributed by atoms with E-state index in [0.717, 1.165) is 31.9 Å². The molecule has 24 heavy (non-hydrogen) atoms. The second-order valence-corrected chi connectivity index (χ2v) is 6.56. The molecule has 1 N–H and O–H groups in total. The molecule has 1 amide bonds. The van der Waals surface area contributed by atoms with E-state index in [1.165, 1.54) is 0 Å². The number of aromatic nitrogens is 1. The second kappa shape index (κ2) is 7.38. The summed E-state index contributed by atoms with van der Waals surface area (Å²) in [6.45, 7) is 3.96. The molecule has 0 spiro atoms. The number of halogens is 2. The Kier molecular flexibility index (Phi) is 5.23. The van der Waals surface area contributed by atoms with Crippen LogP contribution >= 0.6 is 23.2 Å². The first kappa shape index (κ1) is 17.0. The number of pyridine rings is 1. The summed E-state index contributed by atoms with van der Waals surface area (Å²) < 4.78 is 0. The Labute approximate surface area is 151 Å². The highest BCUT2D eigenvalue weighted by atomic mass is 35.5. The van der Waals surface area contributed by atoms with Gasteiger partial charge in [0.05, 0.1) is 27.6 Å². The summed E-state index contributed by atoms with van der Waals surface area (Å²) in [5.41, 5.74) is 1.75. The van der Waals surface area contributed by atoms with Crippen LogP contribution in [0.15, 0.2) is 36.5 Å². The molecule has 2 aromatic rings. The van der Waals surface area contributed by atoms with Crippen LogP contribution in [0.3, 0.4) is 0 Å². The van der Waals surface area contributed by atoms with E-state index < -0.39 is 0 Å². The molecule has 0 bridgehead atoms. The van der Waals surface area contributed by atoms with Crippen LogP contribution in [-0.4, -0.2) is 49.0 Å². The average molecular weight is 365 g/mol. The zero-order valence-electron chi connectivity index (χ0n) is 13.3. The molecular weight excluding hydrogens is 347 g/mol. The molecule has 0 saturated carbocycles. The van der Waals surface area contributed by atoms with Gasteiger partial charge in [-0.2, -0.15) is 0 Å². The average Bonchev–Trinajstić information content (AvgIpc) is 2.59. The maximum Gasteiger partial charge on any atom is 0.274 e. The van der Waals surface area contributed by atoms with Crippen LogP contribution < -0.4 is 10.2 Å². The number of rotatable bonds is 3. The Hall–Kier alpha value is -1.82. The lowest BCUT2D eigenvalue weighted by Gasteiger charge is -2.33. The van der Waals surface area contributed by atoms with Gasteiger partial charge in [-0.15, -0.1) is 0 Å². The number of amides is 1. The van der Waals surface area contributed by atoms with Gasteiger partial charge in [-0.1, -0.05) is 29.3 Å². The summed E-state index contributed by atoms with van der Waals surface area (Å²) in [6.07, 6.45) is 1.73. The molecule has 0 radical (unpaired) electrons. The van der Waals surface area contributed by atoms with E-state index >= 15 is 0 Å². The molecule has 1 aliphatic rings. The van der Waals surface area contributed by atoms with Gasteiger partial charge in [0, 0.05) is 26.2 Å². The number of anilines is 2. The molecule has 1 aromatic carbocycles. The van der Waals surface area contributed by atoms with Gasteiger partial charge < -0.3 is 15.1 Å². The predicted molar refractivity (Wildman–Crippen MR) is 98.4 cm³/mol. The second-order valence-electron chi connectivity index (χ2n) is 5.74. The van der Waals surface area contributed by atoms with Crippen LogP contribution in [0.5, 0.6) is 0 Å². The molecule has 3 rings (SSSR count). The predicted octanol–water partition coefficient (Wildman–Crippen LogP) is 3.39. The Balaban J connectivity index is 1.70. The smallest absolute Gasteiger partial charge is 0.274 e. The number of hydrogen-bond donors (Lipinski definition) is 1. The normalized spacial score (nSPS) is 15.4. The van der Waals surface area contributed by atoms with E-state index in [4.69, 9.17) is 23.2 Å². The minimum atomic E-state index is -0.338. The standard InChI is InChI=1S/C17H18Cl2N4O/c1-22-7-9-23(10-8-22)12-5-6-15(20-11-12)17(24)21-16-13(18)3-2-4-14(16)19/h2-6,11H,7-10H2,1H3,(H,21,24). The van der Waals surface area contributed by atoms with Crippen molar-refractivity contribution in [1.29, 1.82) is 0 Å². The number of para-hydroxylation sites is 1. The number of carbonyl (C=O) groups excluding carboxylic acids is 1. The van der Waals surface area contributed by atoms with E-state index in [2.05, 4.69) is 27.1 Å². The monoisotopic (exact) mass is 364 g/mol. The minimum absolute atomic E-state index is 0.323. The fourth-order valence-electron chi connectivity index (χ4n) is 2.57. The van der Waals surface area contributed by atoms with Crippen molar-refractivity contribution in [3.8, 4) is 0 Å². The number of nitrogens with one attached hydrogen (secondary N) is 1. The first-order valence-electron chi connectivity index (χ1n) is 7.69. The molecule has 1 aromatic heterocycles. The van der Waals surface area contributed by atoms with Crippen molar-refractivity contribution in [3.05, 3.63) is 52.3 Å². The molecule has 1 fully saturated rings. The lowest BCUT2D eigenvalue weighted by atomic mass is 10.2. The molecule has 0 unspecified atom stereocenters. The molecule has 7 heteroatoms. The summed E-state index contributed by atoms with van der Waals surface area (Å²) in [5.74, 6) is -0.338. The summed E-state index contributed by atoms with van der Waals surface area (Å²) in [7, 11) is 2.11. The van der Waals surface area contributed by atoms with Crippen LogP contribution in [0.2, 0.25) is 10.0 Å². The van der Waals surface area contributed by atoms with Gasteiger partial charge in [0.2, 0.25) is 0 Å². The quantitative estimate of drug-likeness (QED) is 0.906. The lowest BCUT2D eigenvalue weighted by molar-refractivity contribution is 0.102. The molecule has 0 atom stereocenters. The van der Waals surface area contributed by atoms with Crippen LogP contribution in [0, 0.1) is 0 Å². The van der Waals surface area contributed by atoms with E-state index in [0.29, 0.717) is 21.4 Å². The van der Waals surface area contributed by atoms with Gasteiger partial charge in [0.15, 0.2) is 0 Å². The van der Waals surface area contributed by atoms with E-state index in [1.807, 2.05) is 6.07 Å². The van der Waals surface area contributed by atoms with Crippen molar-refractivity contribution in [2.75, 3.05) is 43.4 Å². The van der Waals surface area contributed by atoms with Gasteiger partial charge in [-0.25, -0.2) is 4.98 Å². The van der Waals surface area contributed by atoms with Crippen molar-refractivity contribution in [2.45, 2.75) is 0 Å². The number of benzene rings is 1. The fourth-order valence-corrected chi connectivity index (χ4v) is 3.06. The minimum Gasteiger partial charge on any atom is -0.368 e. The highest BCUT2D eigenvalue weighted by Gasteiger charge is 2.16. The van der Waals surface area contributed by atoms with Crippen molar-refractivity contribution in [2.24, 2.45) is 0 Å². The Morgan fingerprint density at radius 3 is 2.33 bits per heavy atom. The fraction of sp³-hybridized carbons (Fsp3) is 0.294. The number of carbonyl (C=O) groups is 1. The van der Waals surface area contributed by atoms with Gasteiger partial charge in [0.1, 0.15) is 5.69 Å². The third kappa shape index (κ3) is 3.80. The molecule has 5 nitrogen and oxygen atoms in total. The van der Waals surface area contributed by atoms with Crippen molar-refractivity contribution in [1.82, 2.24) is 9.88 Å². The zero-order valence-corrected chi connectivity index (χ0v) is 14.8. The number of hydrogen-bond acceptors (Lipinski definition) is 4. The Morgan fingerprint density at radius 1 is 1.08 bits per heavy atom. The van der Waals surface area contributed by atoms with Gasteiger partial charge in [-0.05, 0) is 31.3 Å². The van der Waals surface area contributed by atoms with E-state index in [1.54, 1.807) is 30.5 Å². The molecule has 2 heterocycles. The first-order chi connectivity index (χ1) is 11.5. The SMILES string of the molecule is CN1CCN(c2ccc(C(=O)Nc3c(Cl)cccc3Cl)nc2)CC1. The van der Waals surface area contributed by atoms with Gasteiger partial charge >= 0.3 is 0 Å². The maximum absolute atomic E-state index is 12.3. The largest absolute Gasteiger partial charge is 0.368 e. The van der Waals surface area contributed by atoms with Crippen LogP contribution in [0.1, 0.15) is 10.5 Å². The van der Waals surface area contributed by atoms with Crippen LogP contribution in [-0.2, 0) is 0 Å². The Morgan fingerprint density at radius 2 is 1.75 bits per heavy atom. The van der Waals surface area contributed by atoms with Crippen LogP contribution in [0.25, 0.3) is 0 Å². The third-order valence-electron chi connectivity index (χ3n) is 4.05. The highest BCUT2D eigenvalue weighted by molar-refractivity contribution is 6.39. The lowest BCUT2D eigenvalue weighted by Crippen LogP contribution is -2.44. The van der Waals surface area contributed by atoms with Gasteiger partial charge in [0.25, 0.3) is 5.91 Å². The summed E-state index contributed by atoms with van der Waals surface area (Å²) in [4.78, 5) is 21.2. The van der Waals surface area contributed by atoms with Crippen LogP contribution in [0.4, 0.5) is 11.4 Å². The molecule has 1 saturated heterocycles. The maximum atomic E-state index is 12.3. The topological polar surface area (TPSA) is 48.5 Å². The molecule has 0 aliphatic carbocycles. The number of piperazine rings is 1. The van der Waals surface area contributed by atoms with E-state index in [-0.39, 0.29) is 5.91 Å². The highest BCUT2D eigenvalue weighted by Crippen LogP contribution is 2.30. The number of nitrogens with zero attached hydrogens (tertiary/aromatic N) is 3. The number of likely N-dealkylation sites (N-methyl/N-ethyl adjacent to an activating group) is 1. The molecule has 1 aliphatic heterocycles. The van der Waals surface area contributed by atoms with E-state index in [9.17, 15) is 4.79 Å². The summed E-state index contributed by atoms with van der Waals surface area (Å²) in [5, 5.41) is 3.50. The molecule has 126 valence electrons. The molecular formula is C17H18Cl2N4O. The third-order valence-corrected chi connectivity index (χ3v) is 4.68. The van der Waals surface area contributed by atoms with Crippen molar-refractivity contribution < 1.29 is 4.79 Å². The first-order valence-corrected chi connectivity index (χ1v) is 8.45. The van der Waals surface area contributed by atoms with Gasteiger partial charge in [-0.3, -0.25) is 4.79 Å².